The fraction of sp³-hybridized carbons (Fsp3) is 0.333. The number of nitrogens with one attached hydrogen (secondary N) is 1. The maximum atomic E-state index is 3.27. The minimum absolute atomic E-state index is 0.452. The third-order valence-electron chi connectivity index (χ3n) is 2.55. The number of hydrogen-bond donors (Lipinski definition) is 1. The Kier molecular flexibility index (Phi) is 2.57. The van der Waals surface area contributed by atoms with Gasteiger partial charge in [0.25, 0.3) is 0 Å². The van der Waals surface area contributed by atoms with Gasteiger partial charge in [-0.1, -0.05) is 17.7 Å². The second kappa shape index (κ2) is 3.71. The lowest BCUT2D eigenvalue weighted by atomic mass is 10.1. The van der Waals surface area contributed by atoms with Crippen LogP contribution in [-0.2, 0) is 0 Å². The van der Waals surface area contributed by atoms with Crippen molar-refractivity contribution in [2.75, 3.05) is 7.05 Å². The van der Waals surface area contributed by atoms with Crippen LogP contribution in [0.5, 0.6) is 0 Å². The molecule has 1 aromatic heterocycles. The lowest BCUT2D eigenvalue weighted by Crippen LogP contribution is -2.10. The normalized spacial score (nSPS) is 13.4. The first-order valence-electron chi connectivity index (χ1n) is 4.88. The molecule has 0 spiro atoms. The molecule has 0 aliphatic carbocycles. The van der Waals surface area contributed by atoms with Crippen LogP contribution in [0.4, 0.5) is 0 Å². The largest absolute Gasteiger partial charge is 0.313 e. The van der Waals surface area contributed by atoms with E-state index in [1.54, 1.807) is 0 Å². The molecule has 2 rings (SSSR count). The average Bonchev–Trinajstić information content (AvgIpc) is 2.59. The Bertz CT molecular complexity index is 445. The van der Waals surface area contributed by atoms with E-state index < -0.39 is 0 Å². The first-order chi connectivity index (χ1) is 6.70. The third-order valence-corrected chi connectivity index (χ3v) is 3.85. The summed E-state index contributed by atoms with van der Waals surface area (Å²) in [4.78, 5) is 1.41. The minimum atomic E-state index is 0.452. The average molecular weight is 205 g/mol. The molecule has 2 aromatic rings. The molecule has 0 bridgehead atoms. The summed E-state index contributed by atoms with van der Waals surface area (Å²) in [7, 11) is 2.00. The monoisotopic (exact) mass is 205 g/mol. The second-order valence-electron chi connectivity index (χ2n) is 3.70. The predicted molar refractivity (Wildman–Crippen MR) is 64.0 cm³/mol. The summed E-state index contributed by atoms with van der Waals surface area (Å²) in [5.74, 6) is 0. The Morgan fingerprint density at radius 3 is 2.79 bits per heavy atom. The van der Waals surface area contributed by atoms with E-state index in [1.807, 2.05) is 18.4 Å². The summed E-state index contributed by atoms with van der Waals surface area (Å²) in [5.41, 5.74) is 1.33. The highest BCUT2D eigenvalue weighted by molar-refractivity contribution is 7.19. The maximum Gasteiger partial charge on any atom is 0.0384 e. The van der Waals surface area contributed by atoms with Crippen molar-refractivity contribution in [2.45, 2.75) is 19.9 Å². The van der Waals surface area contributed by atoms with E-state index in [9.17, 15) is 0 Å². The van der Waals surface area contributed by atoms with E-state index >= 15 is 0 Å². The van der Waals surface area contributed by atoms with Crippen LogP contribution < -0.4 is 5.32 Å². The Balaban J connectivity index is 2.51. The van der Waals surface area contributed by atoms with Gasteiger partial charge < -0.3 is 5.32 Å². The summed E-state index contributed by atoms with van der Waals surface area (Å²) in [6, 6.07) is 9.37. The molecule has 0 radical (unpaired) electrons. The standard InChI is InChI=1S/C12H15NS/c1-8-4-5-11-10(6-8)7-12(14-11)9(2)13-3/h4-7,9,13H,1-3H3. The molecule has 1 atom stereocenters. The Morgan fingerprint density at radius 1 is 1.29 bits per heavy atom. The molecule has 1 nitrogen and oxygen atoms in total. The summed E-state index contributed by atoms with van der Waals surface area (Å²) < 4.78 is 1.38. The van der Waals surface area contributed by atoms with Crippen LogP contribution in [0.3, 0.4) is 0 Å². The highest BCUT2D eigenvalue weighted by atomic mass is 32.1. The summed E-state index contributed by atoms with van der Waals surface area (Å²) in [6.45, 7) is 4.33. The zero-order valence-corrected chi connectivity index (χ0v) is 9.61. The molecule has 1 heterocycles. The van der Waals surface area contributed by atoms with Gasteiger partial charge in [0.1, 0.15) is 0 Å². The van der Waals surface area contributed by atoms with Crippen LogP contribution in [0.25, 0.3) is 10.1 Å². The van der Waals surface area contributed by atoms with Crippen LogP contribution in [0, 0.1) is 6.92 Å². The van der Waals surface area contributed by atoms with E-state index in [2.05, 4.69) is 43.4 Å². The predicted octanol–water partition coefficient (Wildman–Crippen LogP) is 3.49. The molecular weight excluding hydrogens is 190 g/mol. The van der Waals surface area contributed by atoms with Gasteiger partial charge in [0.05, 0.1) is 0 Å². The van der Waals surface area contributed by atoms with Crippen molar-refractivity contribution >= 4 is 21.4 Å². The number of hydrogen-bond acceptors (Lipinski definition) is 2. The van der Waals surface area contributed by atoms with Gasteiger partial charge >= 0.3 is 0 Å². The lowest BCUT2D eigenvalue weighted by molar-refractivity contribution is 0.664. The molecule has 1 unspecified atom stereocenters. The molecule has 14 heavy (non-hydrogen) atoms. The fourth-order valence-electron chi connectivity index (χ4n) is 1.54. The smallest absolute Gasteiger partial charge is 0.0384 e. The molecule has 2 heteroatoms. The van der Waals surface area contributed by atoms with Crippen molar-refractivity contribution in [3.8, 4) is 0 Å². The zero-order valence-electron chi connectivity index (χ0n) is 8.79. The molecular formula is C12H15NS. The maximum absolute atomic E-state index is 3.27. The summed E-state index contributed by atoms with van der Waals surface area (Å²) in [6.07, 6.45) is 0. The molecule has 1 N–H and O–H groups in total. The first-order valence-corrected chi connectivity index (χ1v) is 5.69. The van der Waals surface area contributed by atoms with Crippen LogP contribution in [0.1, 0.15) is 23.4 Å². The Morgan fingerprint density at radius 2 is 2.07 bits per heavy atom. The number of thiophene rings is 1. The van der Waals surface area contributed by atoms with Crippen LogP contribution >= 0.6 is 11.3 Å². The van der Waals surface area contributed by atoms with Crippen molar-refractivity contribution in [2.24, 2.45) is 0 Å². The van der Waals surface area contributed by atoms with Gasteiger partial charge in [0.15, 0.2) is 0 Å². The van der Waals surface area contributed by atoms with Crippen LogP contribution in [0.15, 0.2) is 24.3 Å². The van der Waals surface area contributed by atoms with Gasteiger partial charge in [-0.05, 0) is 38.4 Å². The number of aryl methyl sites for hydroxylation is 1. The van der Waals surface area contributed by atoms with Gasteiger partial charge in [-0.3, -0.25) is 0 Å². The summed E-state index contributed by atoms with van der Waals surface area (Å²) in [5, 5.41) is 4.63. The van der Waals surface area contributed by atoms with E-state index in [0.717, 1.165) is 0 Å². The Hall–Kier alpha value is -0.860. The van der Waals surface area contributed by atoms with Crippen molar-refractivity contribution in [3.63, 3.8) is 0 Å². The second-order valence-corrected chi connectivity index (χ2v) is 4.82. The molecule has 0 aliphatic heterocycles. The third kappa shape index (κ3) is 1.68. The van der Waals surface area contributed by atoms with Gasteiger partial charge in [-0.15, -0.1) is 11.3 Å². The van der Waals surface area contributed by atoms with E-state index in [1.165, 1.54) is 20.5 Å². The molecule has 1 aromatic carbocycles. The van der Waals surface area contributed by atoms with Gasteiger partial charge in [-0.25, -0.2) is 0 Å². The van der Waals surface area contributed by atoms with Gasteiger partial charge in [-0.2, -0.15) is 0 Å². The van der Waals surface area contributed by atoms with Crippen molar-refractivity contribution in [3.05, 3.63) is 34.7 Å². The molecule has 0 fully saturated rings. The fourth-order valence-corrected chi connectivity index (χ4v) is 2.65. The van der Waals surface area contributed by atoms with Crippen LogP contribution in [0.2, 0.25) is 0 Å². The molecule has 0 saturated carbocycles. The molecule has 0 amide bonds. The topological polar surface area (TPSA) is 12.0 Å². The number of fused-ring (bicyclic) bond motifs is 1. The van der Waals surface area contributed by atoms with Crippen molar-refractivity contribution in [1.29, 1.82) is 0 Å². The van der Waals surface area contributed by atoms with Crippen LogP contribution in [-0.4, -0.2) is 7.05 Å². The number of rotatable bonds is 2. The van der Waals surface area contributed by atoms with Gasteiger partial charge in [0, 0.05) is 15.6 Å². The van der Waals surface area contributed by atoms with E-state index in [0.29, 0.717) is 6.04 Å². The number of benzene rings is 1. The van der Waals surface area contributed by atoms with Gasteiger partial charge in [0.2, 0.25) is 0 Å². The minimum Gasteiger partial charge on any atom is -0.313 e. The molecule has 0 saturated heterocycles. The molecule has 74 valence electrons. The zero-order chi connectivity index (χ0) is 10.1. The first kappa shape index (κ1) is 9.69. The van der Waals surface area contributed by atoms with E-state index in [-0.39, 0.29) is 0 Å². The Labute approximate surface area is 88.8 Å². The summed E-state index contributed by atoms with van der Waals surface area (Å²) >= 11 is 1.88. The lowest BCUT2D eigenvalue weighted by Gasteiger charge is -2.05. The van der Waals surface area contributed by atoms with Crippen molar-refractivity contribution < 1.29 is 0 Å². The van der Waals surface area contributed by atoms with E-state index in [4.69, 9.17) is 0 Å². The molecule has 0 aliphatic rings. The van der Waals surface area contributed by atoms with Crippen molar-refractivity contribution in [1.82, 2.24) is 5.32 Å². The highest BCUT2D eigenvalue weighted by Crippen LogP contribution is 2.30. The SMILES string of the molecule is CNC(C)c1cc2cc(C)ccc2s1. The highest BCUT2D eigenvalue weighted by Gasteiger charge is 2.06. The quantitative estimate of drug-likeness (QED) is 0.791.